The Morgan fingerprint density at radius 1 is 1.77 bits per heavy atom. The molecular formula is C9H12N2OS. The summed E-state index contributed by atoms with van der Waals surface area (Å²) in [6.07, 6.45) is 4.38. The van der Waals surface area contributed by atoms with Gasteiger partial charge in [0.15, 0.2) is 0 Å². The van der Waals surface area contributed by atoms with Gasteiger partial charge in [-0.15, -0.1) is 11.3 Å². The second-order valence-corrected chi connectivity index (χ2v) is 4.72. The number of amides is 1. The fourth-order valence-electron chi connectivity index (χ4n) is 1.70. The van der Waals surface area contributed by atoms with Gasteiger partial charge in [-0.2, -0.15) is 0 Å². The minimum absolute atomic E-state index is 0.0381. The molecule has 1 aliphatic heterocycles. The molecule has 0 spiro atoms. The van der Waals surface area contributed by atoms with Crippen molar-refractivity contribution >= 4 is 17.2 Å². The van der Waals surface area contributed by atoms with Crippen molar-refractivity contribution in [3.63, 3.8) is 0 Å². The van der Waals surface area contributed by atoms with E-state index in [1.165, 1.54) is 4.88 Å². The lowest BCUT2D eigenvalue weighted by Gasteiger charge is -2.22. The number of rotatable bonds is 2. The van der Waals surface area contributed by atoms with Crippen LogP contribution >= 0.6 is 11.3 Å². The van der Waals surface area contributed by atoms with E-state index in [4.69, 9.17) is 0 Å². The Morgan fingerprint density at radius 2 is 2.62 bits per heavy atom. The molecule has 2 rings (SSSR count). The molecule has 1 aromatic heterocycles. The molecule has 0 aromatic carbocycles. The normalized spacial score (nSPS) is 27.6. The van der Waals surface area contributed by atoms with Gasteiger partial charge in [0.25, 0.3) is 0 Å². The van der Waals surface area contributed by atoms with E-state index < -0.39 is 0 Å². The first-order chi connectivity index (χ1) is 6.18. The minimum Gasteiger partial charge on any atom is -0.351 e. The third kappa shape index (κ3) is 1.88. The predicted molar refractivity (Wildman–Crippen MR) is 51.6 cm³/mol. The van der Waals surface area contributed by atoms with Crippen LogP contribution in [0.4, 0.5) is 0 Å². The second kappa shape index (κ2) is 3.10. The molecule has 0 saturated carbocycles. The highest BCUT2D eigenvalue weighted by Gasteiger charge is 2.33. The molecular weight excluding hydrogens is 184 g/mol. The Hall–Kier alpha value is -0.900. The van der Waals surface area contributed by atoms with Crippen LogP contribution in [-0.2, 0) is 11.2 Å². The number of thiazole rings is 1. The molecule has 1 aliphatic rings. The Bertz CT molecular complexity index is 309. The molecule has 1 unspecified atom stereocenters. The second-order valence-electron chi connectivity index (χ2n) is 3.75. The van der Waals surface area contributed by atoms with Crippen LogP contribution in [0.1, 0.15) is 24.6 Å². The summed E-state index contributed by atoms with van der Waals surface area (Å²) in [5, 5.41) is 3.01. The average molecular weight is 196 g/mol. The summed E-state index contributed by atoms with van der Waals surface area (Å²) in [6.45, 7) is 2.09. The van der Waals surface area contributed by atoms with Crippen molar-refractivity contribution < 1.29 is 4.79 Å². The highest BCUT2D eigenvalue weighted by Crippen LogP contribution is 2.25. The highest BCUT2D eigenvalue weighted by atomic mass is 32.1. The zero-order valence-corrected chi connectivity index (χ0v) is 8.36. The maximum absolute atomic E-state index is 11.1. The van der Waals surface area contributed by atoms with E-state index in [2.05, 4.69) is 17.2 Å². The lowest BCUT2D eigenvalue weighted by Crippen LogP contribution is -2.40. The van der Waals surface area contributed by atoms with Crippen LogP contribution in [0.2, 0.25) is 0 Å². The molecule has 70 valence electrons. The number of carbonyl (C=O) groups excluding carboxylic acids is 1. The number of hydrogen-bond donors (Lipinski definition) is 1. The van der Waals surface area contributed by atoms with Crippen molar-refractivity contribution in [2.75, 3.05) is 0 Å². The van der Waals surface area contributed by atoms with E-state index in [-0.39, 0.29) is 11.4 Å². The Balaban J connectivity index is 2.05. The highest BCUT2D eigenvalue weighted by molar-refractivity contribution is 7.09. The van der Waals surface area contributed by atoms with E-state index >= 15 is 0 Å². The van der Waals surface area contributed by atoms with Crippen molar-refractivity contribution in [1.29, 1.82) is 0 Å². The Labute approximate surface area is 81.2 Å². The van der Waals surface area contributed by atoms with Gasteiger partial charge < -0.3 is 5.32 Å². The minimum atomic E-state index is -0.0381. The third-order valence-electron chi connectivity index (χ3n) is 2.39. The third-order valence-corrected chi connectivity index (χ3v) is 3.17. The monoisotopic (exact) mass is 196 g/mol. The lowest BCUT2D eigenvalue weighted by molar-refractivity contribution is -0.119. The quantitative estimate of drug-likeness (QED) is 0.776. The molecule has 3 nitrogen and oxygen atoms in total. The molecule has 2 heterocycles. The first-order valence-corrected chi connectivity index (χ1v) is 5.24. The van der Waals surface area contributed by atoms with Gasteiger partial charge in [-0.25, -0.2) is 0 Å². The van der Waals surface area contributed by atoms with Crippen molar-refractivity contribution in [3.8, 4) is 0 Å². The van der Waals surface area contributed by atoms with Gasteiger partial charge in [0, 0.05) is 29.5 Å². The fourth-order valence-corrected chi connectivity index (χ4v) is 2.48. The SMILES string of the molecule is CC1(Cc2cncs2)CCC(=O)N1. The predicted octanol–water partition coefficient (Wildman–Crippen LogP) is 1.35. The summed E-state index contributed by atoms with van der Waals surface area (Å²) in [4.78, 5) is 16.3. The summed E-state index contributed by atoms with van der Waals surface area (Å²) < 4.78 is 0. The van der Waals surface area contributed by atoms with Gasteiger partial charge in [-0.05, 0) is 13.3 Å². The molecule has 1 amide bonds. The molecule has 1 N–H and O–H groups in total. The Morgan fingerprint density at radius 3 is 3.15 bits per heavy atom. The van der Waals surface area contributed by atoms with Crippen LogP contribution in [-0.4, -0.2) is 16.4 Å². The van der Waals surface area contributed by atoms with Crippen LogP contribution in [0.5, 0.6) is 0 Å². The zero-order valence-electron chi connectivity index (χ0n) is 7.54. The number of carbonyl (C=O) groups is 1. The number of nitrogens with zero attached hydrogens (tertiary/aromatic N) is 1. The zero-order chi connectivity index (χ0) is 9.31. The van der Waals surface area contributed by atoms with Crippen LogP contribution in [0.15, 0.2) is 11.7 Å². The molecule has 0 aliphatic carbocycles. The topological polar surface area (TPSA) is 42.0 Å². The van der Waals surface area contributed by atoms with Gasteiger partial charge in [-0.3, -0.25) is 9.78 Å². The van der Waals surface area contributed by atoms with Crippen LogP contribution in [0, 0.1) is 0 Å². The van der Waals surface area contributed by atoms with Gasteiger partial charge in [-0.1, -0.05) is 0 Å². The maximum atomic E-state index is 11.1. The van der Waals surface area contributed by atoms with Crippen molar-refractivity contribution in [2.24, 2.45) is 0 Å². The molecule has 13 heavy (non-hydrogen) atoms. The smallest absolute Gasteiger partial charge is 0.220 e. The van der Waals surface area contributed by atoms with Crippen molar-refractivity contribution in [1.82, 2.24) is 10.3 Å². The van der Waals surface area contributed by atoms with Crippen LogP contribution in [0.25, 0.3) is 0 Å². The standard InChI is InChI=1S/C9H12N2OS/c1-9(3-2-8(12)11-9)4-7-5-10-6-13-7/h5-6H,2-4H2,1H3,(H,11,12). The summed E-state index contributed by atoms with van der Waals surface area (Å²) >= 11 is 1.65. The average Bonchev–Trinajstić information content (AvgIpc) is 2.62. The van der Waals surface area contributed by atoms with Crippen molar-refractivity contribution in [2.45, 2.75) is 31.7 Å². The van der Waals surface area contributed by atoms with Gasteiger partial charge in [0.05, 0.1) is 5.51 Å². The van der Waals surface area contributed by atoms with E-state index in [0.29, 0.717) is 6.42 Å². The maximum Gasteiger partial charge on any atom is 0.220 e. The van der Waals surface area contributed by atoms with Crippen LogP contribution < -0.4 is 5.32 Å². The summed E-state index contributed by atoms with van der Waals surface area (Å²) in [6, 6.07) is 0. The molecule has 1 saturated heterocycles. The number of aromatic nitrogens is 1. The molecule has 4 heteroatoms. The van der Waals surface area contributed by atoms with Gasteiger partial charge >= 0.3 is 0 Å². The largest absolute Gasteiger partial charge is 0.351 e. The fraction of sp³-hybridized carbons (Fsp3) is 0.556. The summed E-state index contributed by atoms with van der Waals surface area (Å²) in [5.74, 6) is 0.173. The summed E-state index contributed by atoms with van der Waals surface area (Å²) in [7, 11) is 0. The molecule has 0 radical (unpaired) electrons. The van der Waals surface area contributed by atoms with E-state index in [0.717, 1.165) is 12.8 Å². The number of nitrogens with one attached hydrogen (secondary N) is 1. The lowest BCUT2D eigenvalue weighted by atomic mass is 9.95. The first-order valence-electron chi connectivity index (χ1n) is 4.36. The molecule has 1 fully saturated rings. The first kappa shape index (κ1) is 8.69. The van der Waals surface area contributed by atoms with E-state index in [1.807, 2.05) is 11.7 Å². The van der Waals surface area contributed by atoms with Crippen LogP contribution in [0.3, 0.4) is 0 Å². The Kier molecular flexibility index (Phi) is 2.07. The van der Waals surface area contributed by atoms with Crippen molar-refractivity contribution in [3.05, 3.63) is 16.6 Å². The van der Waals surface area contributed by atoms with E-state index in [9.17, 15) is 4.79 Å². The van der Waals surface area contributed by atoms with Gasteiger partial charge in [0.2, 0.25) is 5.91 Å². The van der Waals surface area contributed by atoms with E-state index in [1.54, 1.807) is 11.3 Å². The molecule has 0 bridgehead atoms. The number of hydrogen-bond acceptors (Lipinski definition) is 3. The van der Waals surface area contributed by atoms with Gasteiger partial charge in [0.1, 0.15) is 0 Å². The molecule has 1 aromatic rings. The summed E-state index contributed by atoms with van der Waals surface area (Å²) in [5.41, 5.74) is 1.79. The molecule has 1 atom stereocenters.